The summed E-state index contributed by atoms with van der Waals surface area (Å²) in [6.07, 6.45) is 0. The highest BCUT2D eigenvalue weighted by Gasteiger charge is 2.28. The number of hydrogen-bond acceptors (Lipinski definition) is 3. The van der Waals surface area contributed by atoms with Gasteiger partial charge in [0.25, 0.3) is 5.91 Å². The van der Waals surface area contributed by atoms with Crippen LogP contribution < -0.4 is 5.73 Å². The Morgan fingerprint density at radius 3 is 2.84 bits per heavy atom. The third-order valence-electron chi connectivity index (χ3n) is 3.64. The van der Waals surface area contributed by atoms with Crippen LogP contribution in [0.4, 0.5) is 4.39 Å². The van der Waals surface area contributed by atoms with Crippen LogP contribution in [0, 0.1) is 12.7 Å². The van der Waals surface area contributed by atoms with E-state index in [1.807, 2.05) is 7.05 Å². The largest absolute Gasteiger partial charge is 0.332 e. The Morgan fingerprint density at radius 1 is 1.47 bits per heavy atom. The molecule has 0 saturated carbocycles. The average Bonchev–Trinajstić information content (AvgIpc) is 2.41. The van der Waals surface area contributed by atoms with E-state index < -0.39 is 0 Å². The Hall–Kier alpha value is -1.46. The molecule has 1 fully saturated rings. The highest BCUT2D eigenvalue weighted by molar-refractivity contribution is 5.94. The highest BCUT2D eigenvalue weighted by atomic mass is 19.1. The summed E-state index contributed by atoms with van der Waals surface area (Å²) in [5.74, 6) is -0.480. The van der Waals surface area contributed by atoms with Gasteiger partial charge in [-0.25, -0.2) is 4.39 Å². The van der Waals surface area contributed by atoms with Crippen molar-refractivity contribution in [1.29, 1.82) is 0 Å². The zero-order chi connectivity index (χ0) is 14.0. The van der Waals surface area contributed by atoms with E-state index in [2.05, 4.69) is 4.90 Å². The van der Waals surface area contributed by atoms with Gasteiger partial charge in [0, 0.05) is 31.7 Å². The number of benzene rings is 1. The van der Waals surface area contributed by atoms with Crippen LogP contribution in [0.1, 0.15) is 15.9 Å². The summed E-state index contributed by atoms with van der Waals surface area (Å²) < 4.78 is 13.5. The molecule has 1 heterocycles. The van der Waals surface area contributed by atoms with Crippen molar-refractivity contribution in [3.63, 3.8) is 0 Å². The van der Waals surface area contributed by atoms with Crippen molar-refractivity contribution in [1.82, 2.24) is 9.80 Å². The van der Waals surface area contributed by atoms with E-state index in [0.29, 0.717) is 24.2 Å². The Bertz CT molecular complexity index is 478. The maximum absolute atomic E-state index is 13.5. The molecule has 1 aliphatic rings. The molecule has 0 aliphatic carbocycles. The fraction of sp³-hybridized carbons (Fsp3) is 0.500. The number of nitrogens with zero attached hydrogens (tertiary/aromatic N) is 2. The van der Waals surface area contributed by atoms with Crippen LogP contribution in [0.25, 0.3) is 0 Å². The minimum Gasteiger partial charge on any atom is -0.332 e. The topological polar surface area (TPSA) is 49.6 Å². The number of piperazine rings is 1. The predicted octanol–water partition coefficient (Wildman–Crippen LogP) is 0.849. The lowest BCUT2D eigenvalue weighted by molar-refractivity contribution is 0.0515. The lowest BCUT2D eigenvalue weighted by Crippen LogP contribution is -2.56. The van der Waals surface area contributed by atoms with Crippen molar-refractivity contribution < 1.29 is 9.18 Å². The smallest absolute Gasteiger partial charge is 0.254 e. The van der Waals surface area contributed by atoms with Crippen LogP contribution in [0.3, 0.4) is 0 Å². The number of nitrogens with two attached hydrogens (primary N) is 1. The number of amides is 1. The Labute approximate surface area is 113 Å². The summed E-state index contributed by atoms with van der Waals surface area (Å²) in [6.45, 7) is 4.31. The third-order valence-corrected chi connectivity index (χ3v) is 3.64. The van der Waals surface area contributed by atoms with Gasteiger partial charge in [-0.2, -0.15) is 0 Å². The molecule has 2 rings (SSSR count). The Balaban J connectivity index is 2.20. The fourth-order valence-electron chi connectivity index (χ4n) is 2.37. The zero-order valence-electron chi connectivity index (χ0n) is 11.4. The number of halogens is 1. The van der Waals surface area contributed by atoms with E-state index >= 15 is 0 Å². The minimum absolute atomic E-state index is 0.00406. The van der Waals surface area contributed by atoms with Gasteiger partial charge in [0.1, 0.15) is 5.82 Å². The van der Waals surface area contributed by atoms with Crippen LogP contribution in [-0.2, 0) is 0 Å². The van der Waals surface area contributed by atoms with E-state index in [0.717, 1.165) is 13.1 Å². The van der Waals surface area contributed by atoms with Gasteiger partial charge >= 0.3 is 0 Å². The summed E-state index contributed by atoms with van der Waals surface area (Å²) in [5, 5.41) is 0. The van der Waals surface area contributed by atoms with Gasteiger partial charge in [-0.15, -0.1) is 0 Å². The monoisotopic (exact) mass is 265 g/mol. The van der Waals surface area contributed by atoms with E-state index in [1.165, 1.54) is 6.07 Å². The standard InChI is InChI=1S/C14H20FN3O/c1-10-3-4-11(7-13(10)15)14(19)18-6-5-17(2)9-12(18)8-16/h3-4,7,12H,5-6,8-9,16H2,1-2H3. The van der Waals surface area contributed by atoms with Crippen LogP contribution in [0.5, 0.6) is 0 Å². The molecule has 104 valence electrons. The molecule has 0 aromatic heterocycles. The summed E-state index contributed by atoms with van der Waals surface area (Å²) in [5.41, 5.74) is 6.67. The zero-order valence-corrected chi connectivity index (χ0v) is 11.4. The summed E-state index contributed by atoms with van der Waals surface area (Å²) >= 11 is 0. The highest BCUT2D eigenvalue weighted by Crippen LogP contribution is 2.15. The van der Waals surface area contributed by atoms with E-state index in [-0.39, 0.29) is 17.8 Å². The van der Waals surface area contributed by atoms with Crippen molar-refractivity contribution in [2.45, 2.75) is 13.0 Å². The fourth-order valence-corrected chi connectivity index (χ4v) is 2.37. The van der Waals surface area contributed by atoms with Crippen LogP contribution in [0.15, 0.2) is 18.2 Å². The lowest BCUT2D eigenvalue weighted by atomic mass is 10.1. The van der Waals surface area contributed by atoms with Crippen LogP contribution in [-0.4, -0.2) is 55.0 Å². The van der Waals surface area contributed by atoms with Crippen molar-refractivity contribution in [3.05, 3.63) is 35.1 Å². The van der Waals surface area contributed by atoms with Crippen molar-refractivity contribution >= 4 is 5.91 Å². The quantitative estimate of drug-likeness (QED) is 0.862. The molecule has 2 N–H and O–H groups in total. The maximum Gasteiger partial charge on any atom is 0.254 e. The lowest BCUT2D eigenvalue weighted by Gasteiger charge is -2.39. The van der Waals surface area contributed by atoms with Crippen molar-refractivity contribution in [2.24, 2.45) is 5.73 Å². The number of rotatable bonds is 2. The molecule has 1 aromatic carbocycles. The van der Waals surface area contributed by atoms with Gasteiger partial charge in [-0.3, -0.25) is 4.79 Å². The van der Waals surface area contributed by atoms with Crippen molar-refractivity contribution in [2.75, 3.05) is 33.2 Å². The van der Waals surface area contributed by atoms with Gasteiger partial charge in [0.15, 0.2) is 0 Å². The second-order valence-electron chi connectivity index (χ2n) is 5.11. The summed E-state index contributed by atoms with van der Waals surface area (Å²) in [7, 11) is 2.01. The Kier molecular flexibility index (Phi) is 4.17. The molecule has 0 spiro atoms. The first-order chi connectivity index (χ1) is 9.02. The molecule has 19 heavy (non-hydrogen) atoms. The normalized spacial score (nSPS) is 20.6. The maximum atomic E-state index is 13.5. The van der Waals surface area contributed by atoms with Gasteiger partial charge < -0.3 is 15.5 Å². The van der Waals surface area contributed by atoms with Gasteiger partial charge in [-0.1, -0.05) is 6.07 Å². The SMILES string of the molecule is Cc1ccc(C(=O)N2CCN(C)CC2CN)cc1F. The van der Waals surface area contributed by atoms with Gasteiger partial charge in [0.2, 0.25) is 0 Å². The molecule has 0 bridgehead atoms. The van der Waals surface area contributed by atoms with Gasteiger partial charge in [-0.05, 0) is 31.7 Å². The molecule has 1 aliphatic heterocycles. The number of hydrogen-bond donors (Lipinski definition) is 1. The first kappa shape index (κ1) is 14.0. The molecule has 1 saturated heterocycles. The molecule has 1 amide bonds. The van der Waals surface area contributed by atoms with Crippen LogP contribution in [0.2, 0.25) is 0 Å². The second kappa shape index (κ2) is 5.67. The molecule has 4 nitrogen and oxygen atoms in total. The first-order valence-electron chi connectivity index (χ1n) is 6.48. The number of likely N-dealkylation sites (N-methyl/N-ethyl adjacent to an activating group) is 1. The molecule has 5 heteroatoms. The second-order valence-corrected chi connectivity index (χ2v) is 5.11. The molecule has 1 atom stereocenters. The molecule has 1 unspecified atom stereocenters. The van der Waals surface area contributed by atoms with Crippen molar-refractivity contribution in [3.8, 4) is 0 Å². The number of carbonyl (C=O) groups is 1. The Morgan fingerprint density at radius 2 is 2.21 bits per heavy atom. The summed E-state index contributed by atoms with van der Waals surface area (Å²) in [6, 6.07) is 4.61. The van der Waals surface area contributed by atoms with E-state index in [9.17, 15) is 9.18 Å². The number of aryl methyl sites for hydroxylation is 1. The van der Waals surface area contributed by atoms with E-state index in [1.54, 1.807) is 24.0 Å². The van der Waals surface area contributed by atoms with E-state index in [4.69, 9.17) is 5.73 Å². The average molecular weight is 265 g/mol. The molecular formula is C14H20FN3O. The predicted molar refractivity (Wildman–Crippen MR) is 72.5 cm³/mol. The van der Waals surface area contributed by atoms with Gasteiger partial charge in [0.05, 0.1) is 6.04 Å². The minimum atomic E-state index is -0.343. The number of carbonyl (C=O) groups excluding carboxylic acids is 1. The first-order valence-corrected chi connectivity index (χ1v) is 6.48. The summed E-state index contributed by atoms with van der Waals surface area (Å²) in [4.78, 5) is 16.3. The molecular weight excluding hydrogens is 245 g/mol. The van der Waals surface area contributed by atoms with Crippen LogP contribution >= 0.6 is 0 Å². The third kappa shape index (κ3) is 2.93. The molecule has 1 aromatic rings. The molecule has 0 radical (unpaired) electrons.